The van der Waals surface area contributed by atoms with Crippen LogP contribution in [0.25, 0.3) is 0 Å². The number of halogens is 3. The summed E-state index contributed by atoms with van der Waals surface area (Å²) in [5.41, 5.74) is 3.68. The van der Waals surface area contributed by atoms with Crippen molar-refractivity contribution in [2.45, 2.75) is 45.3 Å². The molecular formula is C18H24F3N5O3. The number of ether oxygens (including phenoxy) is 1. The van der Waals surface area contributed by atoms with E-state index in [1.807, 2.05) is 24.3 Å². The average Bonchev–Trinajstić information content (AvgIpc) is 3.26. The quantitative estimate of drug-likeness (QED) is 0.779. The maximum absolute atomic E-state index is 10.6. The summed E-state index contributed by atoms with van der Waals surface area (Å²) in [5.74, 6) is -1.95. The van der Waals surface area contributed by atoms with Crippen LogP contribution in [-0.2, 0) is 42.8 Å². The molecule has 0 saturated heterocycles. The molecule has 3 heterocycles. The largest absolute Gasteiger partial charge is 0.490 e. The van der Waals surface area contributed by atoms with Crippen LogP contribution >= 0.6 is 0 Å². The second kappa shape index (κ2) is 8.95. The number of carbonyl (C=O) groups is 1. The van der Waals surface area contributed by atoms with Gasteiger partial charge in [0.1, 0.15) is 0 Å². The minimum Gasteiger partial charge on any atom is -0.475 e. The molecule has 1 fully saturated rings. The molecule has 29 heavy (non-hydrogen) atoms. The monoisotopic (exact) mass is 415 g/mol. The zero-order valence-corrected chi connectivity index (χ0v) is 16.1. The molecule has 160 valence electrons. The van der Waals surface area contributed by atoms with Crippen molar-refractivity contribution in [3.63, 3.8) is 0 Å². The molecule has 0 atom stereocenters. The highest BCUT2D eigenvalue weighted by molar-refractivity contribution is 5.73. The zero-order chi connectivity index (χ0) is 21.0. The van der Waals surface area contributed by atoms with Crippen LogP contribution < -0.4 is 0 Å². The highest BCUT2D eigenvalue weighted by atomic mass is 19.4. The van der Waals surface area contributed by atoms with Gasteiger partial charge < -0.3 is 14.4 Å². The summed E-state index contributed by atoms with van der Waals surface area (Å²) in [6.07, 6.45) is 3.59. The number of fused-ring (bicyclic) bond motifs is 1. The standard InChI is InChI=1S/C16H23N5O.C2HF3O2/c1-19-7-14(6-18-19)8-20-4-5-21-12-17-15(16(21)9-20)11-22-10-13-2-3-13;3-2(4,5)1(6)7/h6-7,12-13H,2-5,8-11H2,1H3;(H,6,7). The Morgan fingerprint density at radius 3 is 2.66 bits per heavy atom. The topological polar surface area (TPSA) is 85.4 Å². The number of carboxylic acids is 1. The third kappa shape index (κ3) is 6.29. The van der Waals surface area contributed by atoms with Gasteiger partial charge in [-0.2, -0.15) is 18.3 Å². The number of rotatable bonds is 6. The van der Waals surface area contributed by atoms with E-state index in [2.05, 4.69) is 25.7 Å². The van der Waals surface area contributed by atoms with Gasteiger partial charge in [-0.25, -0.2) is 9.78 Å². The van der Waals surface area contributed by atoms with Crippen LogP contribution in [0.3, 0.4) is 0 Å². The molecule has 2 aromatic heterocycles. The number of hydrogen-bond acceptors (Lipinski definition) is 5. The molecule has 0 amide bonds. The van der Waals surface area contributed by atoms with E-state index < -0.39 is 12.1 Å². The van der Waals surface area contributed by atoms with Crippen molar-refractivity contribution >= 4 is 5.97 Å². The van der Waals surface area contributed by atoms with E-state index in [1.54, 1.807) is 0 Å². The molecular weight excluding hydrogens is 391 g/mol. The van der Waals surface area contributed by atoms with E-state index in [0.717, 1.165) is 44.4 Å². The summed E-state index contributed by atoms with van der Waals surface area (Å²) in [4.78, 5) is 15.9. The lowest BCUT2D eigenvalue weighted by Gasteiger charge is -2.28. The fraction of sp³-hybridized carbons (Fsp3) is 0.611. The number of nitrogens with zero attached hydrogens (tertiary/aromatic N) is 5. The predicted octanol–water partition coefficient (Wildman–Crippen LogP) is 2.19. The molecule has 11 heteroatoms. The number of hydrogen-bond donors (Lipinski definition) is 1. The van der Waals surface area contributed by atoms with Crippen LogP contribution in [0.2, 0.25) is 0 Å². The summed E-state index contributed by atoms with van der Waals surface area (Å²) >= 11 is 0. The second-order valence-corrected chi connectivity index (χ2v) is 7.33. The van der Waals surface area contributed by atoms with Crippen molar-refractivity contribution in [1.82, 2.24) is 24.2 Å². The van der Waals surface area contributed by atoms with Gasteiger partial charge >= 0.3 is 12.1 Å². The first kappa shape index (κ1) is 21.3. The van der Waals surface area contributed by atoms with Crippen LogP contribution in [0.1, 0.15) is 29.8 Å². The van der Waals surface area contributed by atoms with Gasteiger partial charge in [0.25, 0.3) is 0 Å². The lowest BCUT2D eigenvalue weighted by Crippen LogP contribution is -2.33. The van der Waals surface area contributed by atoms with Gasteiger partial charge in [0.2, 0.25) is 0 Å². The maximum atomic E-state index is 10.6. The Bertz CT molecular complexity index is 829. The molecule has 1 N–H and O–H groups in total. The first-order chi connectivity index (χ1) is 13.7. The van der Waals surface area contributed by atoms with Crippen LogP contribution in [0.5, 0.6) is 0 Å². The molecule has 2 aliphatic rings. The minimum atomic E-state index is -5.08. The van der Waals surface area contributed by atoms with Crippen LogP contribution in [-0.4, -0.2) is 54.6 Å². The molecule has 0 radical (unpaired) electrons. The van der Waals surface area contributed by atoms with Gasteiger partial charge in [0, 0.05) is 51.6 Å². The third-order valence-electron chi connectivity index (χ3n) is 4.76. The van der Waals surface area contributed by atoms with Crippen molar-refractivity contribution in [1.29, 1.82) is 0 Å². The SMILES string of the molecule is Cn1cc(CN2CCn3cnc(COCC4CC4)c3C2)cn1.O=C(O)C(F)(F)F. The first-order valence-electron chi connectivity index (χ1n) is 9.33. The molecule has 4 rings (SSSR count). The predicted molar refractivity (Wildman–Crippen MR) is 95.6 cm³/mol. The Morgan fingerprint density at radius 2 is 2.07 bits per heavy atom. The highest BCUT2D eigenvalue weighted by Gasteiger charge is 2.38. The smallest absolute Gasteiger partial charge is 0.475 e. The molecule has 0 bridgehead atoms. The summed E-state index contributed by atoms with van der Waals surface area (Å²) < 4.78 is 41.7. The van der Waals surface area contributed by atoms with Crippen LogP contribution in [0.15, 0.2) is 18.7 Å². The fourth-order valence-corrected chi connectivity index (χ4v) is 3.04. The second-order valence-electron chi connectivity index (χ2n) is 7.33. The van der Waals surface area contributed by atoms with E-state index in [-0.39, 0.29) is 0 Å². The summed E-state index contributed by atoms with van der Waals surface area (Å²) in [5, 5.41) is 11.4. The van der Waals surface area contributed by atoms with Gasteiger partial charge in [0.05, 0.1) is 30.5 Å². The number of aryl methyl sites for hydroxylation is 1. The Balaban J connectivity index is 0.000000298. The Morgan fingerprint density at radius 1 is 1.34 bits per heavy atom. The number of aromatic nitrogens is 4. The normalized spacial score (nSPS) is 16.8. The Labute approximate surface area is 165 Å². The van der Waals surface area contributed by atoms with E-state index in [1.165, 1.54) is 24.1 Å². The molecule has 0 aromatic carbocycles. The van der Waals surface area contributed by atoms with E-state index in [9.17, 15) is 13.2 Å². The van der Waals surface area contributed by atoms with Crippen molar-refractivity contribution in [3.05, 3.63) is 35.7 Å². The molecule has 1 aliphatic carbocycles. The first-order valence-corrected chi connectivity index (χ1v) is 9.33. The van der Waals surface area contributed by atoms with Crippen molar-refractivity contribution < 1.29 is 27.8 Å². The maximum Gasteiger partial charge on any atom is 0.490 e. The lowest BCUT2D eigenvalue weighted by molar-refractivity contribution is -0.192. The Hall–Kier alpha value is -2.40. The minimum absolute atomic E-state index is 0.652. The molecule has 0 spiro atoms. The van der Waals surface area contributed by atoms with Gasteiger partial charge in [-0.3, -0.25) is 9.58 Å². The number of alkyl halides is 3. The van der Waals surface area contributed by atoms with Crippen molar-refractivity contribution in [3.8, 4) is 0 Å². The average molecular weight is 415 g/mol. The molecule has 1 saturated carbocycles. The molecule has 1 aliphatic heterocycles. The summed E-state index contributed by atoms with van der Waals surface area (Å²) in [6.45, 7) is 5.50. The summed E-state index contributed by atoms with van der Waals surface area (Å²) in [6, 6.07) is 0. The Kier molecular flexibility index (Phi) is 6.58. The van der Waals surface area contributed by atoms with E-state index in [0.29, 0.717) is 6.61 Å². The van der Waals surface area contributed by atoms with E-state index in [4.69, 9.17) is 14.6 Å². The number of aliphatic carboxylic acids is 1. The van der Waals surface area contributed by atoms with Crippen molar-refractivity contribution in [2.24, 2.45) is 13.0 Å². The number of imidazole rings is 1. The highest BCUT2D eigenvalue weighted by Crippen LogP contribution is 2.29. The van der Waals surface area contributed by atoms with Gasteiger partial charge in [-0.1, -0.05) is 0 Å². The van der Waals surface area contributed by atoms with Gasteiger partial charge in [-0.15, -0.1) is 0 Å². The van der Waals surface area contributed by atoms with Gasteiger partial charge in [-0.05, 0) is 18.8 Å². The molecule has 0 unspecified atom stereocenters. The summed E-state index contributed by atoms with van der Waals surface area (Å²) in [7, 11) is 1.96. The zero-order valence-electron chi connectivity index (χ0n) is 16.1. The molecule has 2 aromatic rings. The van der Waals surface area contributed by atoms with Gasteiger partial charge in [0.15, 0.2) is 0 Å². The van der Waals surface area contributed by atoms with E-state index >= 15 is 0 Å². The fourth-order valence-electron chi connectivity index (χ4n) is 3.04. The van der Waals surface area contributed by atoms with Crippen LogP contribution in [0, 0.1) is 5.92 Å². The number of carboxylic acid groups (broad SMARTS) is 1. The third-order valence-corrected chi connectivity index (χ3v) is 4.76. The lowest BCUT2D eigenvalue weighted by atomic mass is 10.2. The van der Waals surface area contributed by atoms with Crippen molar-refractivity contribution in [2.75, 3.05) is 13.2 Å². The van der Waals surface area contributed by atoms with Crippen LogP contribution in [0.4, 0.5) is 13.2 Å². The molecule has 8 nitrogen and oxygen atoms in total.